The highest BCUT2D eigenvalue weighted by Crippen LogP contribution is 2.38. The van der Waals surface area contributed by atoms with Crippen molar-refractivity contribution in [2.24, 2.45) is 0 Å². The first-order chi connectivity index (χ1) is 25.9. The second kappa shape index (κ2) is 15.8. The van der Waals surface area contributed by atoms with Crippen molar-refractivity contribution in [1.82, 2.24) is 0 Å². The van der Waals surface area contributed by atoms with E-state index in [1.165, 1.54) is 72.8 Å². The first-order valence-electron chi connectivity index (χ1n) is 16.2. The topological polar surface area (TPSA) is 243 Å². The van der Waals surface area contributed by atoms with Gasteiger partial charge in [-0.05, 0) is 71.8 Å². The second-order valence-electron chi connectivity index (χ2n) is 12.0. The molecule has 0 saturated carbocycles. The molecular formula is C39H32O15. The van der Waals surface area contributed by atoms with Crippen LogP contribution in [0.3, 0.4) is 0 Å². The molecule has 0 amide bonds. The van der Waals surface area contributed by atoms with Crippen molar-refractivity contribution in [2.75, 3.05) is 6.61 Å². The molecule has 7 N–H and O–H groups in total. The van der Waals surface area contributed by atoms with Crippen molar-refractivity contribution in [1.29, 1.82) is 0 Å². The minimum absolute atomic E-state index is 0.000756. The molecule has 278 valence electrons. The lowest BCUT2D eigenvalue weighted by molar-refractivity contribution is -0.281. The molecular weight excluding hydrogens is 708 g/mol. The molecule has 1 fully saturated rings. The number of ether oxygens (including phenoxy) is 4. The van der Waals surface area contributed by atoms with Gasteiger partial charge in [0.2, 0.25) is 17.5 Å². The third-order valence-electron chi connectivity index (χ3n) is 8.18. The van der Waals surface area contributed by atoms with Crippen LogP contribution in [0.4, 0.5) is 0 Å². The molecule has 0 spiro atoms. The van der Waals surface area contributed by atoms with Crippen LogP contribution in [0.1, 0.15) is 11.1 Å². The summed E-state index contributed by atoms with van der Waals surface area (Å²) in [6.45, 7) is -0.666. The van der Waals surface area contributed by atoms with Gasteiger partial charge in [0.25, 0.3) is 0 Å². The molecule has 1 aliphatic rings. The largest absolute Gasteiger partial charge is 0.508 e. The SMILES string of the molecule is O=C(/C=C\c1ccc(O)cc1)OCC1O[C@@H](Oc2c(-c3ccc(O)cc3)oc3cc(O)cc(O)c3c2=O)C(O)[C@@H](OC(=O)/C=C\c2ccc(O)cc2)[C@@H]1O. The molecule has 0 bridgehead atoms. The van der Waals surface area contributed by atoms with Gasteiger partial charge in [0.1, 0.15) is 58.5 Å². The van der Waals surface area contributed by atoms with Gasteiger partial charge in [0.05, 0.1) is 0 Å². The highest BCUT2D eigenvalue weighted by molar-refractivity contribution is 5.89. The van der Waals surface area contributed by atoms with E-state index in [1.54, 1.807) is 12.1 Å². The number of hydrogen-bond acceptors (Lipinski definition) is 15. The fourth-order valence-electron chi connectivity index (χ4n) is 5.46. The van der Waals surface area contributed by atoms with E-state index >= 15 is 0 Å². The lowest BCUT2D eigenvalue weighted by Crippen LogP contribution is -2.61. The van der Waals surface area contributed by atoms with Crippen LogP contribution >= 0.6 is 0 Å². The molecule has 54 heavy (non-hydrogen) atoms. The van der Waals surface area contributed by atoms with Crippen LogP contribution in [-0.4, -0.2) is 85.0 Å². The smallest absolute Gasteiger partial charge is 0.331 e. The molecule has 2 heterocycles. The van der Waals surface area contributed by atoms with Crippen LogP contribution in [0.15, 0.2) is 106 Å². The highest BCUT2D eigenvalue weighted by Gasteiger charge is 2.49. The summed E-state index contributed by atoms with van der Waals surface area (Å²) in [6.07, 6.45) is -4.24. The Morgan fingerprint density at radius 1 is 0.704 bits per heavy atom. The van der Waals surface area contributed by atoms with Crippen molar-refractivity contribution in [3.8, 4) is 45.8 Å². The van der Waals surface area contributed by atoms with Crippen molar-refractivity contribution in [3.05, 3.63) is 118 Å². The number of aromatic hydroxyl groups is 5. The Kier molecular flexibility index (Phi) is 10.8. The van der Waals surface area contributed by atoms with Crippen LogP contribution < -0.4 is 10.2 Å². The molecule has 4 aromatic carbocycles. The van der Waals surface area contributed by atoms with E-state index in [4.69, 9.17) is 23.4 Å². The summed E-state index contributed by atoms with van der Waals surface area (Å²) >= 11 is 0. The van der Waals surface area contributed by atoms with E-state index in [1.807, 2.05) is 0 Å². The van der Waals surface area contributed by atoms with Crippen LogP contribution in [0, 0.1) is 0 Å². The molecule has 15 nitrogen and oxygen atoms in total. The maximum atomic E-state index is 13.9. The Labute approximate surface area is 305 Å². The number of aliphatic hydroxyl groups is 2. The summed E-state index contributed by atoms with van der Waals surface area (Å²) in [5.41, 5.74) is 0.00793. The van der Waals surface area contributed by atoms with E-state index in [-0.39, 0.29) is 34.2 Å². The third kappa shape index (κ3) is 8.45. The number of carbonyl (C=O) groups is 2. The summed E-state index contributed by atoms with van der Waals surface area (Å²) in [5, 5.41) is 71.7. The molecule has 0 aliphatic carbocycles. The van der Waals surface area contributed by atoms with Gasteiger partial charge in [-0.3, -0.25) is 4.79 Å². The van der Waals surface area contributed by atoms with Gasteiger partial charge in [-0.25, -0.2) is 9.59 Å². The zero-order valence-electron chi connectivity index (χ0n) is 27.9. The maximum Gasteiger partial charge on any atom is 0.331 e. The number of phenolic OH excluding ortho intramolecular Hbond substituents is 5. The minimum atomic E-state index is -2.00. The lowest BCUT2D eigenvalue weighted by atomic mass is 9.98. The Morgan fingerprint density at radius 3 is 1.85 bits per heavy atom. The minimum Gasteiger partial charge on any atom is -0.508 e. The molecule has 1 aromatic heterocycles. The normalized spacial score (nSPS) is 19.9. The summed E-state index contributed by atoms with van der Waals surface area (Å²) in [4.78, 5) is 39.5. The van der Waals surface area contributed by atoms with E-state index in [9.17, 15) is 50.1 Å². The van der Waals surface area contributed by atoms with Gasteiger partial charge < -0.3 is 59.1 Å². The van der Waals surface area contributed by atoms with E-state index < -0.39 is 77.3 Å². The van der Waals surface area contributed by atoms with E-state index in [0.29, 0.717) is 11.1 Å². The number of hydrogen-bond donors (Lipinski definition) is 7. The zero-order chi connectivity index (χ0) is 38.5. The number of carbonyl (C=O) groups excluding carboxylic acids is 2. The van der Waals surface area contributed by atoms with Crippen molar-refractivity contribution < 1.29 is 68.7 Å². The quantitative estimate of drug-likeness (QED) is 0.0798. The molecule has 5 atom stereocenters. The highest BCUT2D eigenvalue weighted by atomic mass is 16.7. The van der Waals surface area contributed by atoms with Gasteiger partial charge in [-0.2, -0.15) is 0 Å². The number of esters is 2. The predicted molar refractivity (Wildman–Crippen MR) is 189 cm³/mol. The van der Waals surface area contributed by atoms with Gasteiger partial charge in [-0.1, -0.05) is 24.3 Å². The number of phenols is 5. The number of benzene rings is 4. The summed E-state index contributed by atoms with van der Waals surface area (Å²) in [5.74, 6) is -4.01. The van der Waals surface area contributed by atoms with Crippen LogP contribution in [-0.2, 0) is 23.8 Å². The van der Waals surface area contributed by atoms with E-state index in [2.05, 4.69) is 0 Å². The van der Waals surface area contributed by atoms with Crippen LogP contribution in [0.25, 0.3) is 34.4 Å². The van der Waals surface area contributed by atoms with Crippen molar-refractivity contribution in [2.45, 2.75) is 30.7 Å². The summed E-state index contributed by atoms with van der Waals surface area (Å²) < 4.78 is 28.3. The third-order valence-corrected chi connectivity index (χ3v) is 8.18. The Bertz CT molecular complexity index is 2260. The fraction of sp³-hybridized carbons (Fsp3) is 0.154. The van der Waals surface area contributed by atoms with Gasteiger partial charge in [-0.15, -0.1) is 0 Å². The second-order valence-corrected chi connectivity index (χ2v) is 12.0. The standard InChI is InChI=1S/C39H32O15/c40-23-9-1-20(2-10-23)5-15-30(45)50-19-29-33(47)37(53-31(46)16-6-21-3-11-24(41)12-4-21)35(49)39(52-29)54-38-34(48)32-27(44)17-26(43)18-28(32)51-36(38)22-7-13-25(42)14-8-22/h1-18,29,33,35,37,39-44,47,49H,19H2/b15-5-,16-6-/t29?,33-,35?,37+,39+/m1/s1. The summed E-state index contributed by atoms with van der Waals surface area (Å²) in [7, 11) is 0. The fourth-order valence-corrected chi connectivity index (χ4v) is 5.46. The van der Waals surface area contributed by atoms with Gasteiger partial charge in [0.15, 0.2) is 18.0 Å². The molecule has 6 rings (SSSR count). The Balaban J connectivity index is 1.32. The van der Waals surface area contributed by atoms with Gasteiger partial charge in [0, 0.05) is 29.8 Å². The Morgan fingerprint density at radius 2 is 1.26 bits per heavy atom. The maximum absolute atomic E-state index is 13.9. The number of aliphatic hydroxyl groups excluding tert-OH is 2. The number of rotatable bonds is 10. The van der Waals surface area contributed by atoms with Crippen LogP contribution in [0.2, 0.25) is 0 Å². The molecule has 1 aliphatic heterocycles. The zero-order valence-corrected chi connectivity index (χ0v) is 27.9. The lowest BCUT2D eigenvalue weighted by Gasteiger charge is -2.41. The Hall–Kier alpha value is -6.81. The number of fused-ring (bicyclic) bond motifs is 1. The van der Waals surface area contributed by atoms with Crippen molar-refractivity contribution in [3.63, 3.8) is 0 Å². The van der Waals surface area contributed by atoms with Gasteiger partial charge >= 0.3 is 11.9 Å². The molecule has 0 radical (unpaired) electrons. The van der Waals surface area contributed by atoms with E-state index in [0.717, 1.165) is 24.3 Å². The molecule has 15 heteroatoms. The molecule has 5 aromatic rings. The molecule has 2 unspecified atom stereocenters. The monoisotopic (exact) mass is 740 g/mol. The summed E-state index contributed by atoms with van der Waals surface area (Å²) in [6, 6.07) is 19.0. The van der Waals surface area contributed by atoms with Crippen LogP contribution in [0.5, 0.6) is 34.5 Å². The average molecular weight is 741 g/mol. The predicted octanol–water partition coefficient (Wildman–Crippen LogP) is 3.70. The first-order valence-corrected chi connectivity index (χ1v) is 16.2. The van der Waals surface area contributed by atoms with Crippen molar-refractivity contribution >= 4 is 35.1 Å². The average Bonchev–Trinajstić information content (AvgIpc) is 3.14. The first kappa shape index (κ1) is 37.0. The molecule has 1 saturated heterocycles.